The van der Waals surface area contributed by atoms with E-state index in [-0.39, 0.29) is 6.10 Å². The van der Waals surface area contributed by atoms with Crippen molar-refractivity contribution in [3.05, 3.63) is 35.4 Å². The van der Waals surface area contributed by atoms with Crippen LogP contribution >= 0.6 is 0 Å². The fraction of sp³-hybridized carbons (Fsp3) is 0.467. The highest BCUT2D eigenvalue weighted by Gasteiger charge is 2.26. The van der Waals surface area contributed by atoms with Gasteiger partial charge in [-0.15, -0.1) is 0 Å². The fourth-order valence-electron chi connectivity index (χ4n) is 2.38. The number of hydrogen-bond donors (Lipinski definition) is 3. The van der Waals surface area contributed by atoms with Crippen molar-refractivity contribution < 1.29 is 24.9 Å². The van der Waals surface area contributed by atoms with Gasteiger partial charge in [0, 0.05) is 12.5 Å². The summed E-state index contributed by atoms with van der Waals surface area (Å²) in [7, 11) is 2.07. The van der Waals surface area contributed by atoms with Crippen LogP contribution in [-0.2, 0) is 9.59 Å². The third kappa shape index (κ3) is 5.53. The van der Waals surface area contributed by atoms with Crippen LogP contribution in [0, 0.1) is 6.92 Å². The van der Waals surface area contributed by atoms with Crippen LogP contribution in [0.4, 0.5) is 0 Å². The molecular weight excluding hydrogens is 274 g/mol. The van der Waals surface area contributed by atoms with Crippen molar-refractivity contribution in [2.45, 2.75) is 25.4 Å². The molecule has 1 aliphatic heterocycles. The molecule has 0 bridgehead atoms. The van der Waals surface area contributed by atoms with E-state index in [0.29, 0.717) is 5.92 Å². The van der Waals surface area contributed by atoms with Gasteiger partial charge < -0.3 is 20.2 Å². The van der Waals surface area contributed by atoms with Gasteiger partial charge in [0.2, 0.25) is 0 Å². The van der Waals surface area contributed by atoms with Crippen LogP contribution < -0.4 is 0 Å². The third-order valence-corrected chi connectivity index (χ3v) is 3.44. The Kier molecular flexibility index (Phi) is 6.33. The van der Waals surface area contributed by atoms with Gasteiger partial charge in [-0.05, 0) is 32.5 Å². The number of piperidine rings is 1. The average Bonchev–Trinajstić information content (AvgIpc) is 2.39. The second-order valence-corrected chi connectivity index (χ2v) is 5.25. The zero-order chi connectivity index (χ0) is 16.0. The first kappa shape index (κ1) is 17.1. The Morgan fingerprint density at radius 3 is 2.33 bits per heavy atom. The predicted octanol–water partition coefficient (Wildman–Crippen LogP) is 0.931. The Morgan fingerprint density at radius 1 is 1.24 bits per heavy atom. The molecule has 0 radical (unpaired) electrons. The standard InChI is InChI=1S/C13H19NO.C2H2O4/c1-10-4-3-5-11(8-10)12-6-7-14(2)9-13(12)15;3-1(4)2(5)6/h3-5,8,12-13,15H,6-7,9H2,1-2H3;(H,3,4)(H,5,6)/t12-,13-;/m0./s1. The van der Waals surface area contributed by atoms with Gasteiger partial charge in [0.15, 0.2) is 0 Å². The maximum absolute atomic E-state index is 10.0. The number of benzene rings is 1. The number of β-amino-alcohol motifs (C(OH)–C–C–N with tert-alkyl or cyclic N) is 1. The number of nitrogens with zero attached hydrogens (tertiary/aromatic N) is 1. The number of likely N-dealkylation sites (tertiary alicyclic amines) is 1. The molecule has 116 valence electrons. The number of aliphatic hydroxyl groups excluding tert-OH is 1. The van der Waals surface area contributed by atoms with Crippen LogP contribution in [0.5, 0.6) is 0 Å². The highest BCUT2D eigenvalue weighted by Crippen LogP contribution is 2.28. The van der Waals surface area contributed by atoms with Crippen LogP contribution in [0.25, 0.3) is 0 Å². The number of likely N-dealkylation sites (N-methyl/N-ethyl adjacent to an activating group) is 1. The SMILES string of the molecule is Cc1cccc([C@@H]2CCN(C)C[C@@H]2O)c1.O=C(O)C(=O)O. The number of aryl methyl sites for hydroxylation is 1. The molecule has 2 rings (SSSR count). The number of aliphatic hydroxyl groups is 1. The number of carboxylic acids is 2. The first-order valence-corrected chi connectivity index (χ1v) is 6.70. The van der Waals surface area contributed by atoms with Crippen LogP contribution in [0.15, 0.2) is 24.3 Å². The molecule has 1 aromatic carbocycles. The van der Waals surface area contributed by atoms with Crippen LogP contribution in [0.2, 0.25) is 0 Å². The first-order chi connectivity index (χ1) is 9.81. The van der Waals surface area contributed by atoms with Gasteiger partial charge >= 0.3 is 11.9 Å². The van der Waals surface area contributed by atoms with Crippen molar-refractivity contribution in [3.8, 4) is 0 Å². The molecule has 2 atom stereocenters. The lowest BCUT2D eigenvalue weighted by Crippen LogP contribution is -2.40. The molecule has 1 aromatic rings. The van der Waals surface area contributed by atoms with Crippen molar-refractivity contribution in [1.29, 1.82) is 0 Å². The zero-order valence-electron chi connectivity index (χ0n) is 12.2. The summed E-state index contributed by atoms with van der Waals surface area (Å²) in [4.78, 5) is 20.4. The van der Waals surface area contributed by atoms with E-state index in [1.54, 1.807) is 0 Å². The highest BCUT2D eigenvalue weighted by molar-refractivity contribution is 6.27. The van der Waals surface area contributed by atoms with Gasteiger partial charge in [-0.1, -0.05) is 29.8 Å². The smallest absolute Gasteiger partial charge is 0.414 e. The van der Waals surface area contributed by atoms with Gasteiger partial charge in [-0.3, -0.25) is 0 Å². The molecule has 0 saturated carbocycles. The molecule has 1 fully saturated rings. The van der Waals surface area contributed by atoms with Crippen LogP contribution in [-0.4, -0.2) is 58.4 Å². The Bertz CT molecular complexity index is 491. The second kappa shape index (κ2) is 7.75. The monoisotopic (exact) mass is 295 g/mol. The predicted molar refractivity (Wildman–Crippen MR) is 77.3 cm³/mol. The number of hydrogen-bond acceptors (Lipinski definition) is 4. The Balaban J connectivity index is 0.000000315. The molecule has 1 saturated heterocycles. The van der Waals surface area contributed by atoms with Gasteiger partial charge in [0.05, 0.1) is 6.10 Å². The summed E-state index contributed by atoms with van der Waals surface area (Å²) < 4.78 is 0. The lowest BCUT2D eigenvalue weighted by molar-refractivity contribution is -0.159. The zero-order valence-corrected chi connectivity index (χ0v) is 12.2. The van der Waals surface area contributed by atoms with E-state index in [1.165, 1.54) is 11.1 Å². The second-order valence-electron chi connectivity index (χ2n) is 5.25. The molecule has 6 nitrogen and oxygen atoms in total. The van der Waals surface area contributed by atoms with Gasteiger partial charge in [0.25, 0.3) is 0 Å². The minimum absolute atomic E-state index is 0.217. The Morgan fingerprint density at radius 2 is 1.86 bits per heavy atom. The van der Waals surface area contributed by atoms with Gasteiger partial charge in [-0.25, -0.2) is 9.59 Å². The number of carbonyl (C=O) groups is 2. The molecule has 0 aromatic heterocycles. The number of aliphatic carboxylic acids is 2. The van der Waals surface area contributed by atoms with E-state index < -0.39 is 11.9 Å². The molecule has 3 N–H and O–H groups in total. The quantitative estimate of drug-likeness (QED) is 0.667. The molecule has 21 heavy (non-hydrogen) atoms. The van der Waals surface area contributed by atoms with E-state index in [4.69, 9.17) is 19.8 Å². The van der Waals surface area contributed by atoms with E-state index in [0.717, 1.165) is 19.5 Å². The fourth-order valence-corrected chi connectivity index (χ4v) is 2.38. The Labute approximate surface area is 123 Å². The summed E-state index contributed by atoms with van der Waals surface area (Å²) in [5.41, 5.74) is 2.56. The van der Waals surface area contributed by atoms with Crippen molar-refractivity contribution in [3.63, 3.8) is 0 Å². The topological polar surface area (TPSA) is 98.1 Å². The van der Waals surface area contributed by atoms with Crippen LogP contribution in [0.1, 0.15) is 23.5 Å². The normalized spacial score (nSPS) is 22.0. The largest absolute Gasteiger partial charge is 0.473 e. The lowest BCUT2D eigenvalue weighted by Gasteiger charge is -2.34. The maximum atomic E-state index is 10.0. The summed E-state index contributed by atoms with van der Waals surface area (Å²) in [5.74, 6) is -3.33. The molecule has 0 spiro atoms. The van der Waals surface area contributed by atoms with E-state index in [2.05, 4.69) is 43.1 Å². The van der Waals surface area contributed by atoms with Crippen molar-refractivity contribution in [2.24, 2.45) is 0 Å². The van der Waals surface area contributed by atoms with Crippen molar-refractivity contribution in [1.82, 2.24) is 4.90 Å². The molecular formula is C15H21NO5. The molecule has 0 amide bonds. The third-order valence-electron chi connectivity index (χ3n) is 3.44. The summed E-state index contributed by atoms with van der Waals surface area (Å²) >= 11 is 0. The first-order valence-electron chi connectivity index (χ1n) is 6.70. The minimum atomic E-state index is -1.82. The average molecular weight is 295 g/mol. The van der Waals surface area contributed by atoms with E-state index in [9.17, 15) is 5.11 Å². The summed E-state index contributed by atoms with van der Waals surface area (Å²) in [6.45, 7) is 3.97. The van der Waals surface area contributed by atoms with E-state index in [1.807, 2.05) is 0 Å². The minimum Gasteiger partial charge on any atom is -0.473 e. The molecule has 0 unspecified atom stereocenters. The van der Waals surface area contributed by atoms with Crippen LogP contribution in [0.3, 0.4) is 0 Å². The van der Waals surface area contributed by atoms with Crippen molar-refractivity contribution >= 4 is 11.9 Å². The molecule has 6 heteroatoms. The summed E-state index contributed by atoms with van der Waals surface area (Å²) in [6, 6.07) is 8.51. The summed E-state index contributed by atoms with van der Waals surface area (Å²) in [6.07, 6.45) is 0.840. The molecule has 1 aliphatic rings. The highest BCUT2D eigenvalue weighted by atomic mass is 16.4. The number of carboxylic acid groups (broad SMARTS) is 2. The molecule has 0 aliphatic carbocycles. The Hall–Kier alpha value is -1.92. The van der Waals surface area contributed by atoms with Gasteiger partial charge in [0.1, 0.15) is 0 Å². The number of rotatable bonds is 1. The van der Waals surface area contributed by atoms with Crippen molar-refractivity contribution in [2.75, 3.05) is 20.1 Å². The molecule has 1 heterocycles. The van der Waals surface area contributed by atoms with Gasteiger partial charge in [-0.2, -0.15) is 0 Å². The lowest BCUT2D eigenvalue weighted by atomic mass is 9.87. The maximum Gasteiger partial charge on any atom is 0.414 e. The van der Waals surface area contributed by atoms with E-state index >= 15 is 0 Å². The summed E-state index contributed by atoms with van der Waals surface area (Å²) in [5, 5.41) is 24.8.